The number of aromatic nitrogens is 4. The molecule has 2 fully saturated rings. The fourth-order valence-corrected chi connectivity index (χ4v) is 3.35. The quantitative estimate of drug-likeness (QED) is 0.680. The summed E-state index contributed by atoms with van der Waals surface area (Å²) in [6.07, 6.45) is 5.24. The van der Waals surface area contributed by atoms with E-state index in [1.807, 2.05) is 0 Å². The summed E-state index contributed by atoms with van der Waals surface area (Å²) in [5.74, 6) is 1.21. The number of nitrogens with two attached hydrogens (primary N) is 1. The minimum Gasteiger partial charge on any atom is -0.368 e. The van der Waals surface area contributed by atoms with Crippen molar-refractivity contribution < 1.29 is 0 Å². The highest BCUT2D eigenvalue weighted by Gasteiger charge is 2.37. The molecule has 19 heavy (non-hydrogen) atoms. The summed E-state index contributed by atoms with van der Waals surface area (Å²) in [4.78, 5) is 18.4. The molecule has 2 aliphatic heterocycles. The van der Waals surface area contributed by atoms with E-state index in [0.29, 0.717) is 23.7 Å². The number of hydrogen-bond donors (Lipinski definition) is 3. The van der Waals surface area contributed by atoms with Gasteiger partial charge in [0, 0.05) is 18.6 Å². The van der Waals surface area contributed by atoms with Crippen molar-refractivity contribution in [2.75, 3.05) is 23.7 Å². The molecule has 0 aromatic carbocycles. The van der Waals surface area contributed by atoms with E-state index in [0.717, 1.165) is 30.8 Å². The van der Waals surface area contributed by atoms with E-state index in [9.17, 15) is 0 Å². The molecule has 2 saturated heterocycles. The van der Waals surface area contributed by atoms with Crippen LogP contribution in [0.1, 0.15) is 19.3 Å². The zero-order valence-electron chi connectivity index (χ0n) is 10.6. The second kappa shape index (κ2) is 4.06. The van der Waals surface area contributed by atoms with Crippen molar-refractivity contribution in [3.63, 3.8) is 0 Å². The maximum Gasteiger partial charge on any atom is 0.224 e. The number of hydrogen-bond acceptors (Lipinski definition) is 6. The van der Waals surface area contributed by atoms with Gasteiger partial charge in [0.1, 0.15) is 5.52 Å². The molecule has 2 atom stereocenters. The topological polar surface area (TPSA) is 95.8 Å². The first-order valence-electron chi connectivity index (χ1n) is 6.78. The predicted molar refractivity (Wildman–Crippen MR) is 72.9 cm³/mol. The highest BCUT2D eigenvalue weighted by Crippen LogP contribution is 2.35. The Morgan fingerprint density at radius 2 is 2.11 bits per heavy atom. The number of anilines is 2. The lowest BCUT2D eigenvalue weighted by molar-refractivity contribution is 0.567. The molecule has 4 heterocycles. The van der Waals surface area contributed by atoms with Crippen molar-refractivity contribution in [2.45, 2.75) is 31.3 Å². The molecule has 2 aliphatic rings. The highest BCUT2D eigenvalue weighted by molar-refractivity contribution is 5.84. The lowest BCUT2D eigenvalue weighted by Crippen LogP contribution is -2.38. The predicted octanol–water partition coefficient (Wildman–Crippen LogP) is 0.266. The van der Waals surface area contributed by atoms with Gasteiger partial charge in [0.15, 0.2) is 11.5 Å². The van der Waals surface area contributed by atoms with Crippen LogP contribution in [0.2, 0.25) is 0 Å². The number of fused-ring (bicyclic) bond motifs is 3. The monoisotopic (exact) mass is 259 g/mol. The Kier molecular flexibility index (Phi) is 2.34. The number of aromatic amines is 1. The van der Waals surface area contributed by atoms with Gasteiger partial charge in [-0.15, -0.1) is 0 Å². The van der Waals surface area contributed by atoms with Crippen molar-refractivity contribution in [3.05, 3.63) is 6.33 Å². The van der Waals surface area contributed by atoms with E-state index in [2.05, 4.69) is 30.2 Å². The van der Waals surface area contributed by atoms with Gasteiger partial charge in [0.25, 0.3) is 0 Å². The van der Waals surface area contributed by atoms with Crippen LogP contribution >= 0.6 is 0 Å². The van der Waals surface area contributed by atoms with Crippen LogP contribution in [0.15, 0.2) is 6.33 Å². The molecule has 0 saturated carbocycles. The summed E-state index contributed by atoms with van der Waals surface area (Å²) in [5, 5.41) is 3.49. The molecule has 0 aliphatic carbocycles. The molecule has 4 N–H and O–H groups in total. The summed E-state index contributed by atoms with van der Waals surface area (Å²) >= 11 is 0. The lowest BCUT2D eigenvalue weighted by atomic mass is 10.1. The van der Waals surface area contributed by atoms with Gasteiger partial charge < -0.3 is 20.9 Å². The molecule has 2 bridgehead atoms. The molecule has 0 amide bonds. The number of nitrogen functional groups attached to an aromatic ring is 1. The third-order valence-electron chi connectivity index (χ3n) is 4.18. The van der Waals surface area contributed by atoms with E-state index >= 15 is 0 Å². The van der Waals surface area contributed by atoms with E-state index in [1.165, 1.54) is 12.8 Å². The normalized spacial score (nSPS) is 26.8. The molecule has 2 aromatic rings. The van der Waals surface area contributed by atoms with E-state index < -0.39 is 0 Å². The number of H-pyrrole nitrogens is 1. The summed E-state index contributed by atoms with van der Waals surface area (Å²) in [6, 6.07) is 1.04. The summed E-state index contributed by atoms with van der Waals surface area (Å²) < 4.78 is 0. The molecule has 0 spiro atoms. The zero-order valence-corrected chi connectivity index (χ0v) is 10.6. The Bertz CT molecular complexity index is 593. The van der Waals surface area contributed by atoms with Crippen LogP contribution in [0, 0.1) is 0 Å². The van der Waals surface area contributed by atoms with Gasteiger partial charge in [-0.05, 0) is 25.8 Å². The third-order valence-corrected chi connectivity index (χ3v) is 4.18. The molecule has 4 rings (SSSR count). The van der Waals surface area contributed by atoms with Gasteiger partial charge in [0.05, 0.1) is 6.33 Å². The zero-order chi connectivity index (χ0) is 12.8. The van der Waals surface area contributed by atoms with E-state index in [4.69, 9.17) is 5.73 Å². The largest absolute Gasteiger partial charge is 0.368 e. The second-order valence-electron chi connectivity index (χ2n) is 5.29. The van der Waals surface area contributed by atoms with Crippen LogP contribution in [-0.4, -0.2) is 45.1 Å². The van der Waals surface area contributed by atoms with Crippen LogP contribution < -0.4 is 16.0 Å². The smallest absolute Gasteiger partial charge is 0.224 e. The number of imidazole rings is 1. The molecule has 2 aromatic heterocycles. The average Bonchev–Trinajstić information content (AvgIpc) is 2.91. The minimum absolute atomic E-state index is 0.297. The van der Waals surface area contributed by atoms with Crippen LogP contribution in [0.5, 0.6) is 0 Å². The van der Waals surface area contributed by atoms with Crippen molar-refractivity contribution in [1.82, 2.24) is 25.3 Å². The molecular weight excluding hydrogens is 242 g/mol. The van der Waals surface area contributed by atoms with Crippen molar-refractivity contribution in [1.29, 1.82) is 0 Å². The maximum absolute atomic E-state index is 5.82. The Balaban J connectivity index is 1.87. The summed E-state index contributed by atoms with van der Waals surface area (Å²) in [6.45, 7) is 2.08. The Hall–Kier alpha value is -1.89. The number of nitrogens with one attached hydrogen (secondary N) is 2. The van der Waals surface area contributed by atoms with Gasteiger partial charge in [-0.25, -0.2) is 4.98 Å². The average molecular weight is 259 g/mol. The summed E-state index contributed by atoms with van der Waals surface area (Å²) in [5.41, 5.74) is 7.37. The minimum atomic E-state index is 0.297. The van der Waals surface area contributed by atoms with Gasteiger partial charge >= 0.3 is 0 Å². The first-order chi connectivity index (χ1) is 9.33. The Labute approximate surface area is 110 Å². The van der Waals surface area contributed by atoms with Gasteiger partial charge in [-0.1, -0.05) is 0 Å². The lowest BCUT2D eigenvalue weighted by Gasteiger charge is -2.29. The van der Waals surface area contributed by atoms with Gasteiger partial charge in [-0.3, -0.25) is 0 Å². The molecule has 7 nitrogen and oxygen atoms in total. The van der Waals surface area contributed by atoms with E-state index in [-0.39, 0.29) is 0 Å². The fourth-order valence-electron chi connectivity index (χ4n) is 3.35. The first kappa shape index (κ1) is 11.0. The molecule has 100 valence electrons. The second-order valence-corrected chi connectivity index (χ2v) is 5.29. The Morgan fingerprint density at radius 3 is 3.05 bits per heavy atom. The van der Waals surface area contributed by atoms with E-state index in [1.54, 1.807) is 6.33 Å². The molecular formula is C12H17N7. The van der Waals surface area contributed by atoms with Gasteiger partial charge in [-0.2, -0.15) is 9.97 Å². The molecule has 0 unspecified atom stereocenters. The number of rotatable bonds is 1. The maximum atomic E-state index is 5.82. The first-order valence-corrected chi connectivity index (χ1v) is 6.78. The van der Waals surface area contributed by atoms with Crippen LogP contribution in [0.4, 0.5) is 11.8 Å². The third kappa shape index (κ3) is 1.65. The van der Waals surface area contributed by atoms with Gasteiger partial charge in [0.2, 0.25) is 5.95 Å². The highest BCUT2D eigenvalue weighted by atomic mass is 15.3. The van der Waals surface area contributed by atoms with Crippen LogP contribution in [0.3, 0.4) is 0 Å². The van der Waals surface area contributed by atoms with Crippen LogP contribution in [-0.2, 0) is 0 Å². The number of nitrogens with zero attached hydrogens (tertiary/aromatic N) is 4. The SMILES string of the molecule is Nc1nc(N2[C@@H]3CCNC[C@H]2CC3)c2[nH]cnc2n1. The van der Waals surface area contributed by atoms with Crippen molar-refractivity contribution in [2.24, 2.45) is 0 Å². The molecule has 7 heteroatoms. The van der Waals surface area contributed by atoms with Crippen LogP contribution in [0.25, 0.3) is 11.2 Å². The fraction of sp³-hybridized carbons (Fsp3) is 0.583. The Morgan fingerprint density at radius 1 is 1.21 bits per heavy atom. The molecule has 0 radical (unpaired) electrons. The van der Waals surface area contributed by atoms with Crippen molar-refractivity contribution in [3.8, 4) is 0 Å². The van der Waals surface area contributed by atoms with Crippen molar-refractivity contribution >= 4 is 22.9 Å². The standard InChI is InChI=1S/C12H17N7/c13-12-17-10-9(15-6-16-10)11(18-12)19-7-1-2-8(19)5-14-4-3-7/h6-8,14H,1-5H2,(H3,13,15,16,17,18)/t7-,8+/m0/s1. The summed E-state index contributed by atoms with van der Waals surface area (Å²) in [7, 11) is 0.